The lowest BCUT2D eigenvalue weighted by molar-refractivity contribution is -0.120. The Bertz CT molecular complexity index is 555. The Hall–Kier alpha value is -2.18. The standard InChI is InChI=1S/C15H20N4O2/c1-21-10-8-16-12-15(20)17-11-13-5-2-3-6-14(13)19-9-4-7-18-19/h2-7,9,16H,8,10-12H2,1H3,(H,17,20). The van der Waals surface area contributed by atoms with E-state index in [1.165, 1.54) is 0 Å². The first kappa shape index (κ1) is 15.2. The third-order valence-electron chi connectivity index (χ3n) is 2.99. The highest BCUT2D eigenvalue weighted by molar-refractivity contribution is 5.78. The highest BCUT2D eigenvalue weighted by Crippen LogP contribution is 2.12. The SMILES string of the molecule is COCCNCC(=O)NCc1ccccc1-n1cccn1. The van der Waals surface area contributed by atoms with E-state index in [0.717, 1.165) is 11.3 Å². The first-order valence-electron chi connectivity index (χ1n) is 6.85. The summed E-state index contributed by atoms with van der Waals surface area (Å²) in [6.07, 6.45) is 3.61. The van der Waals surface area contributed by atoms with E-state index in [1.807, 2.05) is 36.5 Å². The van der Waals surface area contributed by atoms with Gasteiger partial charge in [0.2, 0.25) is 5.91 Å². The lowest BCUT2D eigenvalue weighted by Gasteiger charge is -2.11. The molecule has 6 heteroatoms. The molecule has 0 spiro atoms. The molecule has 0 fully saturated rings. The molecule has 0 aliphatic rings. The molecule has 0 radical (unpaired) electrons. The fourth-order valence-electron chi connectivity index (χ4n) is 1.93. The molecule has 0 saturated carbocycles. The van der Waals surface area contributed by atoms with Crippen LogP contribution in [0.5, 0.6) is 0 Å². The zero-order chi connectivity index (χ0) is 14.9. The molecule has 0 aliphatic heterocycles. The van der Waals surface area contributed by atoms with Crippen molar-refractivity contribution < 1.29 is 9.53 Å². The van der Waals surface area contributed by atoms with Crippen LogP contribution in [0.1, 0.15) is 5.56 Å². The van der Waals surface area contributed by atoms with Crippen LogP contribution in [0.25, 0.3) is 5.69 Å². The Labute approximate surface area is 124 Å². The summed E-state index contributed by atoms with van der Waals surface area (Å²) >= 11 is 0. The number of hydrogen-bond donors (Lipinski definition) is 2. The quantitative estimate of drug-likeness (QED) is 0.703. The van der Waals surface area contributed by atoms with Crippen molar-refractivity contribution in [1.82, 2.24) is 20.4 Å². The summed E-state index contributed by atoms with van der Waals surface area (Å²) in [5.41, 5.74) is 1.99. The molecular weight excluding hydrogens is 268 g/mol. The van der Waals surface area contributed by atoms with Crippen molar-refractivity contribution in [3.05, 3.63) is 48.3 Å². The number of aromatic nitrogens is 2. The Morgan fingerprint density at radius 1 is 1.33 bits per heavy atom. The Balaban J connectivity index is 1.87. The van der Waals surface area contributed by atoms with Crippen LogP contribution in [-0.2, 0) is 16.1 Å². The predicted octanol–water partition coefficient (Wildman–Crippen LogP) is 0.725. The van der Waals surface area contributed by atoms with Crippen LogP contribution in [0.3, 0.4) is 0 Å². The predicted molar refractivity (Wildman–Crippen MR) is 80.2 cm³/mol. The number of carbonyl (C=O) groups excluding carboxylic acids is 1. The second kappa shape index (κ2) is 8.18. The highest BCUT2D eigenvalue weighted by atomic mass is 16.5. The first-order valence-corrected chi connectivity index (χ1v) is 6.85. The van der Waals surface area contributed by atoms with E-state index < -0.39 is 0 Å². The van der Waals surface area contributed by atoms with E-state index in [1.54, 1.807) is 18.0 Å². The van der Waals surface area contributed by atoms with Gasteiger partial charge in [-0.1, -0.05) is 18.2 Å². The summed E-state index contributed by atoms with van der Waals surface area (Å²) in [4.78, 5) is 11.7. The number of rotatable bonds is 8. The maximum Gasteiger partial charge on any atom is 0.234 e. The fourth-order valence-corrected chi connectivity index (χ4v) is 1.93. The van der Waals surface area contributed by atoms with Gasteiger partial charge in [-0.2, -0.15) is 5.10 Å². The first-order chi connectivity index (χ1) is 10.3. The summed E-state index contributed by atoms with van der Waals surface area (Å²) < 4.78 is 6.70. The van der Waals surface area contributed by atoms with Gasteiger partial charge in [0.25, 0.3) is 0 Å². The van der Waals surface area contributed by atoms with Crippen LogP contribution in [0, 0.1) is 0 Å². The van der Waals surface area contributed by atoms with Crippen molar-refractivity contribution in [1.29, 1.82) is 0 Å². The van der Waals surface area contributed by atoms with Crippen molar-refractivity contribution in [2.75, 3.05) is 26.8 Å². The van der Waals surface area contributed by atoms with Gasteiger partial charge < -0.3 is 15.4 Å². The maximum atomic E-state index is 11.7. The van der Waals surface area contributed by atoms with E-state index in [0.29, 0.717) is 19.7 Å². The molecule has 2 rings (SSSR count). The third-order valence-corrected chi connectivity index (χ3v) is 2.99. The second-order valence-electron chi connectivity index (χ2n) is 4.53. The van der Waals surface area contributed by atoms with Gasteiger partial charge in [-0.3, -0.25) is 4.79 Å². The van der Waals surface area contributed by atoms with E-state index >= 15 is 0 Å². The number of para-hydroxylation sites is 1. The fraction of sp³-hybridized carbons (Fsp3) is 0.333. The van der Waals surface area contributed by atoms with Gasteiger partial charge in [-0.05, 0) is 17.7 Å². The normalized spacial score (nSPS) is 10.5. The zero-order valence-corrected chi connectivity index (χ0v) is 12.1. The minimum absolute atomic E-state index is 0.0404. The van der Waals surface area contributed by atoms with E-state index in [2.05, 4.69) is 15.7 Å². The number of hydrogen-bond acceptors (Lipinski definition) is 4. The Morgan fingerprint density at radius 2 is 2.19 bits per heavy atom. The van der Waals surface area contributed by atoms with Crippen molar-refractivity contribution >= 4 is 5.91 Å². The molecule has 112 valence electrons. The Morgan fingerprint density at radius 3 is 2.95 bits per heavy atom. The average molecular weight is 288 g/mol. The summed E-state index contributed by atoms with van der Waals surface area (Å²) in [5.74, 6) is -0.0404. The van der Waals surface area contributed by atoms with Gasteiger partial charge in [-0.25, -0.2) is 4.68 Å². The molecule has 0 aliphatic carbocycles. The summed E-state index contributed by atoms with van der Waals surface area (Å²) in [5, 5.41) is 10.1. The van der Waals surface area contributed by atoms with Gasteiger partial charge in [-0.15, -0.1) is 0 Å². The van der Waals surface area contributed by atoms with Gasteiger partial charge in [0.1, 0.15) is 0 Å². The van der Waals surface area contributed by atoms with Crippen molar-refractivity contribution in [2.45, 2.75) is 6.54 Å². The van der Waals surface area contributed by atoms with E-state index in [4.69, 9.17) is 4.74 Å². The number of nitrogens with zero attached hydrogens (tertiary/aromatic N) is 2. The molecular formula is C15H20N4O2. The molecule has 1 aromatic heterocycles. The monoisotopic (exact) mass is 288 g/mol. The molecule has 0 unspecified atom stereocenters. The number of carbonyl (C=O) groups is 1. The van der Waals surface area contributed by atoms with E-state index in [9.17, 15) is 4.79 Å². The molecule has 2 N–H and O–H groups in total. The second-order valence-corrected chi connectivity index (χ2v) is 4.53. The van der Waals surface area contributed by atoms with Crippen LogP contribution >= 0.6 is 0 Å². The van der Waals surface area contributed by atoms with Crippen molar-refractivity contribution in [3.8, 4) is 5.69 Å². The van der Waals surface area contributed by atoms with Gasteiger partial charge in [0, 0.05) is 32.6 Å². The van der Waals surface area contributed by atoms with Crippen molar-refractivity contribution in [2.24, 2.45) is 0 Å². The molecule has 0 saturated heterocycles. The molecule has 1 amide bonds. The lowest BCUT2D eigenvalue weighted by atomic mass is 10.2. The third kappa shape index (κ3) is 4.70. The summed E-state index contributed by atoms with van der Waals surface area (Å²) in [6, 6.07) is 9.73. The largest absolute Gasteiger partial charge is 0.383 e. The molecule has 0 atom stereocenters. The van der Waals surface area contributed by atoms with Gasteiger partial charge in [0.05, 0.1) is 18.8 Å². The number of ether oxygens (including phenoxy) is 1. The highest BCUT2D eigenvalue weighted by Gasteiger charge is 2.06. The number of amides is 1. The minimum Gasteiger partial charge on any atom is -0.383 e. The molecule has 0 bridgehead atoms. The maximum absolute atomic E-state index is 11.7. The summed E-state index contributed by atoms with van der Waals surface area (Å²) in [6.45, 7) is 2.01. The molecule has 1 aromatic carbocycles. The van der Waals surface area contributed by atoms with Gasteiger partial charge >= 0.3 is 0 Å². The van der Waals surface area contributed by atoms with Crippen LogP contribution in [0.15, 0.2) is 42.7 Å². The van der Waals surface area contributed by atoms with Gasteiger partial charge in [0.15, 0.2) is 0 Å². The zero-order valence-electron chi connectivity index (χ0n) is 12.1. The average Bonchev–Trinajstić information content (AvgIpc) is 3.04. The summed E-state index contributed by atoms with van der Waals surface area (Å²) in [7, 11) is 1.63. The smallest absolute Gasteiger partial charge is 0.234 e. The molecule has 2 aromatic rings. The molecule has 21 heavy (non-hydrogen) atoms. The topological polar surface area (TPSA) is 68.2 Å². The van der Waals surface area contributed by atoms with Crippen LogP contribution < -0.4 is 10.6 Å². The number of methoxy groups -OCH3 is 1. The molecule has 1 heterocycles. The molecule has 6 nitrogen and oxygen atoms in total. The van der Waals surface area contributed by atoms with Crippen LogP contribution in [0.4, 0.5) is 0 Å². The Kier molecular flexibility index (Phi) is 5.93. The number of nitrogens with one attached hydrogen (secondary N) is 2. The number of benzene rings is 1. The lowest BCUT2D eigenvalue weighted by Crippen LogP contribution is -2.35. The van der Waals surface area contributed by atoms with Crippen molar-refractivity contribution in [3.63, 3.8) is 0 Å². The van der Waals surface area contributed by atoms with Crippen LogP contribution in [-0.4, -0.2) is 42.5 Å². The van der Waals surface area contributed by atoms with E-state index in [-0.39, 0.29) is 12.5 Å². The van der Waals surface area contributed by atoms with Crippen LogP contribution in [0.2, 0.25) is 0 Å². The minimum atomic E-state index is -0.0404.